The number of aromatic nitrogens is 4. The molecule has 1 amide bonds. The van der Waals surface area contributed by atoms with Crippen molar-refractivity contribution in [3.8, 4) is 11.3 Å². The normalized spacial score (nSPS) is 24.1. The van der Waals surface area contributed by atoms with E-state index in [1.807, 2.05) is 54.7 Å². The first kappa shape index (κ1) is 19.0. The SMILES string of the molecule is O=C(N[C@H]1CC2(C1)C[C@H](c1n[nH]c(=O)c3ccccc31)C2)c1cccc(-c2c[nH]cn2)c1. The first-order valence-corrected chi connectivity index (χ1v) is 11.0. The third-order valence-electron chi connectivity index (χ3n) is 7.08. The molecular weight excluding hydrogens is 402 g/mol. The lowest BCUT2D eigenvalue weighted by Gasteiger charge is -2.57. The van der Waals surface area contributed by atoms with Gasteiger partial charge in [-0.05, 0) is 49.3 Å². The number of nitrogens with zero attached hydrogens (tertiary/aromatic N) is 2. The summed E-state index contributed by atoms with van der Waals surface area (Å²) in [4.78, 5) is 32.0. The fourth-order valence-corrected chi connectivity index (χ4v) is 5.55. The molecule has 2 aliphatic carbocycles. The summed E-state index contributed by atoms with van der Waals surface area (Å²) in [5, 5.41) is 11.9. The van der Waals surface area contributed by atoms with E-state index >= 15 is 0 Å². The van der Waals surface area contributed by atoms with E-state index in [4.69, 9.17) is 0 Å². The summed E-state index contributed by atoms with van der Waals surface area (Å²) in [5.41, 5.74) is 3.55. The van der Waals surface area contributed by atoms with Crippen LogP contribution in [0.3, 0.4) is 0 Å². The van der Waals surface area contributed by atoms with Crippen LogP contribution in [-0.2, 0) is 0 Å². The number of rotatable bonds is 4. The highest BCUT2D eigenvalue weighted by Gasteiger charge is 2.54. The Kier molecular flexibility index (Phi) is 4.24. The molecule has 32 heavy (non-hydrogen) atoms. The highest BCUT2D eigenvalue weighted by Crippen LogP contribution is 2.62. The zero-order chi connectivity index (χ0) is 21.7. The predicted octanol–water partition coefficient (Wildman–Crippen LogP) is 3.77. The maximum Gasteiger partial charge on any atom is 0.272 e. The molecular formula is C25H23N5O2. The molecule has 0 atom stereocenters. The maximum absolute atomic E-state index is 12.8. The van der Waals surface area contributed by atoms with Crippen LogP contribution < -0.4 is 10.9 Å². The summed E-state index contributed by atoms with van der Waals surface area (Å²) in [5.74, 6) is 0.324. The van der Waals surface area contributed by atoms with Crippen LogP contribution in [0, 0.1) is 5.41 Å². The molecule has 2 aromatic carbocycles. The van der Waals surface area contributed by atoms with Crippen molar-refractivity contribution in [2.75, 3.05) is 0 Å². The van der Waals surface area contributed by atoms with Crippen LogP contribution in [0.5, 0.6) is 0 Å². The Morgan fingerprint density at radius 3 is 2.62 bits per heavy atom. The van der Waals surface area contributed by atoms with E-state index in [9.17, 15) is 9.59 Å². The van der Waals surface area contributed by atoms with Gasteiger partial charge in [0.15, 0.2) is 0 Å². The third-order valence-corrected chi connectivity index (χ3v) is 7.08. The van der Waals surface area contributed by atoms with Gasteiger partial charge in [0.25, 0.3) is 11.5 Å². The monoisotopic (exact) mass is 425 g/mol. The maximum atomic E-state index is 12.8. The quantitative estimate of drug-likeness (QED) is 0.463. The smallest absolute Gasteiger partial charge is 0.272 e. The van der Waals surface area contributed by atoms with Gasteiger partial charge >= 0.3 is 0 Å². The van der Waals surface area contributed by atoms with Crippen molar-refractivity contribution in [3.63, 3.8) is 0 Å². The van der Waals surface area contributed by atoms with Crippen LogP contribution in [0.2, 0.25) is 0 Å². The number of amides is 1. The Hall–Kier alpha value is -3.74. The minimum absolute atomic E-state index is 0.0357. The van der Waals surface area contributed by atoms with Crippen molar-refractivity contribution in [2.24, 2.45) is 5.41 Å². The number of hydrogen-bond donors (Lipinski definition) is 3. The fraction of sp³-hybridized carbons (Fsp3) is 0.280. The van der Waals surface area contributed by atoms with Crippen LogP contribution in [0.25, 0.3) is 22.0 Å². The summed E-state index contributed by atoms with van der Waals surface area (Å²) in [7, 11) is 0. The van der Waals surface area contributed by atoms with Crippen molar-refractivity contribution in [1.82, 2.24) is 25.5 Å². The number of nitrogens with one attached hydrogen (secondary N) is 3. The Balaban J connectivity index is 1.09. The molecule has 2 aliphatic rings. The Labute approximate surface area is 184 Å². The van der Waals surface area contributed by atoms with Crippen molar-refractivity contribution < 1.29 is 4.79 Å². The van der Waals surface area contributed by atoms with Crippen molar-refractivity contribution >= 4 is 16.7 Å². The number of carbonyl (C=O) groups is 1. The molecule has 160 valence electrons. The van der Waals surface area contributed by atoms with Crippen molar-refractivity contribution in [3.05, 3.63) is 82.7 Å². The molecule has 7 heteroatoms. The highest BCUT2D eigenvalue weighted by atomic mass is 16.1. The summed E-state index contributed by atoms with van der Waals surface area (Å²) < 4.78 is 0. The molecule has 2 fully saturated rings. The molecule has 6 rings (SSSR count). The standard InChI is InChI=1S/C25H23N5O2/c31-23(16-5-3-4-15(8-16)21-13-26-14-27-21)28-18-11-25(12-18)9-17(10-25)22-19-6-1-2-7-20(19)24(32)30-29-22/h1-8,13-14,17-18H,9-12H2,(H,26,27)(H,28,31)(H,30,32)/t17-,18-,25?. The summed E-state index contributed by atoms with van der Waals surface area (Å²) in [6.07, 6.45) is 7.55. The van der Waals surface area contributed by atoms with Crippen LogP contribution in [0.4, 0.5) is 0 Å². The van der Waals surface area contributed by atoms with Crippen LogP contribution in [-0.4, -0.2) is 32.1 Å². The second-order valence-electron chi connectivity index (χ2n) is 9.20. The Morgan fingerprint density at radius 1 is 1.03 bits per heavy atom. The second kappa shape index (κ2) is 7.15. The van der Waals surface area contributed by atoms with Crippen LogP contribution in [0.15, 0.2) is 65.8 Å². The van der Waals surface area contributed by atoms with Gasteiger partial charge in [-0.25, -0.2) is 10.1 Å². The van der Waals surface area contributed by atoms with Gasteiger partial charge in [0.2, 0.25) is 0 Å². The number of benzene rings is 2. The number of aromatic amines is 2. The minimum Gasteiger partial charge on any atom is -0.351 e. The molecule has 2 aromatic heterocycles. The molecule has 0 bridgehead atoms. The van der Waals surface area contributed by atoms with E-state index in [-0.39, 0.29) is 17.5 Å². The van der Waals surface area contributed by atoms with Gasteiger partial charge in [-0.3, -0.25) is 9.59 Å². The highest BCUT2D eigenvalue weighted by molar-refractivity contribution is 5.95. The predicted molar refractivity (Wildman–Crippen MR) is 121 cm³/mol. The van der Waals surface area contributed by atoms with Gasteiger partial charge in [0.1, 0.15) is 0 Å². The van der Waals surface area contributed by atoms with Crippen molar-refractivity contribution in [2.45, 2.75) is 37.6 Å². The molecule has 0 saturated heterocycles. The molecule has 0 radical (unpaired) electrons. The molecule has 1 spiro atoms. The lowest BCUT2D eigenvalue weighted by Crippen LogP contribution is -2.55. The average Bonchev–Trinajstić information content (AvgIpc) is 3.30. The molecule has 3 N–H and O–H groups in total. The number of imidazole rings is 1. The van der Waals surface area contributed by atoms with Gasteiger partial charge in [-0.2, -0.15) is 5.10 Å². The van der Waals surface area contributed by atoms with Crippen LogP contribution >= 0.6 is 0 Å². The Bertz CT molecular complexity index is 1360. The molecule has 2 saturated carbocycles. The molecule has 0 aliphatic heterocycles. The molecule has 0 unspecified atom stereocenters. The lowest BCUT2D eigenvalue weighted by molar-refractivity contribution is -0.0196. The van der Waals surface area contributed by atoms with E-state index in [1.165, 1.54) is 0 Å². The first-order valence-electron chi connectivity index (χ1n) is 11.0. The lowest BCUT2D eigenvalue weighted by atomic mass is 9.49. The summed E-state index contributed by atoms with van der Waals surface area (Å²) >= 11 is 0. The number of fused-ring (bicyclic) bond motifs is 1. The Morgan fingerprint density at radius 2 is 1.84 bits per heavy atom. The van der Waals surface area contributed by atoms with Gasteiger partial charge in [0, 0.05) is 34.7 Å². The minimum atomic E-state index is -0.138. The van der Waals surface area contributed by atoms with Gasteiger partial charge in [0.05, 0.1) is 23.1 Å². The molecule has 4 aromatic rings. The van der Waals surface area contributed by atoms with E-state index in [0.717, 1.165) is 48.0 Å². The number of carbonyl (C=O) groups excluding carboxylic acids is 1. The van der Waals surface area contributed by atoms with Crippen molar-refractivity contribution in [1.29, 1.82) is 0 Å². The first-order chi connectivity index (χ1) is 15.6. The molecule has 7 nitrogen and oxygen atoms in total. The number of H-pyrrole nitrogens is 2. The largest absolute Gasteiger partial charge is 0.351 e. The fourth-order valence-electron chi connectivity index (χ4n) is 5.55. The zero-order valence-corrected chi connectivity index (χ0v) is 17.5. The molecule has 2 heterocycles. The van der Waals surface area contributed by atoms with E-state index in [0.29, 0.717) is 22.3 Å². The van der Waals surface area contributed by atoms with E-state index in [1.54, 1.807) is 6.33 Å². The summed E-state index contributed by atoms with van der Waals surface area (Å²) in [6.45, 7) is 0. The van der Waals surface area contributed by atoms with Crippen LogP contribution in [0.1, 0.15) is 47.7 Å². The van der Waals surface area contributed by atoms with E-state index in [2.05, 4.69) is 25.5 Å². The third kappa shape index (κ3) is 3.12. The topological polar surface area (TPSA) is 104 Å². The summed E-state index contributed by atoms with van der Waals surface area (Å²) in [6, 6.07) is 15.4. The van der Waals surface area contributed by atoms with Gasteiger partial charge < -0.3 is 10.3 Å². The van der Waals surface area contributed by atoms with Gasteiger partial charge in [-0.15, -0.1) is 0 Å². The average molecular weight is 425 g/mol. The zero-order valence-electron chi connectivity index (χ0n) is 17.5. The van der Waals surface area contributed by atoms with Gasteiger partial charge in [-0.1, -0.05) is 30.3 Å². The number of hydrogen-bond acceptors (Lipinski definition) is 4. The van der Waals surface area contributed by atoms with E-state index < -0.39 is 0 Å². The second-order valence-corrected chi connectivity index (χ2v) is 9.20.